The Kier molecular flexibility index (Phi) is 4.20. The molecule has 1 aliphatic rings. The summed E-state index contributed by atoms with van der Waals surface area (Å²) in [5.74, 6) is -0.306. The summed E-state index contributed by atoms with van der Waals surface area (Å²) in [7, 11) is 3.53. The molecule has 0 aromatic rings. The number of rotatable bonds is 3. The molecule has 0 saturated carbocycles. The van der Waals surface area contributed by atoms with Crippen molar-refractivity contribution in [3.05, 3.63) is 0 Å². The van der Waals surface area contributed by atoms with E-state index >= 15 is 0 Å². The molecular weight excluding hydrogens is 218 g/mol. The van der Waals surface area contributed by atoms with Crippen LogP contribution < -0.4 is 0 Å². The minimum absolute atomic E-state index is 0.0526. The third-order valence-corrected chi connectivity index (χ3v) is 3.93. The van der Waals surface area contributed by atoms with Gasteiger partial charge in [-0.05, 0) is 47.6 Å². The number of likely N-dealkylation sites (tertiary alicyclic amines) is 1. The van der Waals surface area contributed by atoms with Crippen LogP contribution >= 0.6 is 0 Å². The second kappa shape index (κ2) is 4.94. The Labute approximate surface area is 104 Å². The van der Waals surface area contributed by atoms with Gasteiger partial charge in [0, 0.05) is 11.1 Å². The maximum absolute atomic E-state index is 11.1. The van der Waals surface area contributed by atoms with Gasteiger partial charge in [0.1, 0.15) is 6.61 Å². The monoisotopic (exact) mass is 243 g/mol. The van der Waals surface area contributed by atoms with Gasteiger partial charge in [-0.25, -0.2) is 4.79 Å². The molecule has 0 amide bonds. The van der Waals surface area contributed by atoms with Crippen LogP contribution in [0.5, 0.6) is 0 Å². The normalized spacial score (nSPS) is 24.6. The van der Waals surface area contributed by atoms with Crippen LogP contribution in [0.3, 0.4) is 0 Å². The summed E-state index contributed by atoms with van der Waals surface area (Å²) >= 11 is 0. The van der Waals surface area contributed by atoms with Crippen LogP contribution in [-0.4, -0.2) is 48.8 Å². The van der Waals surface area contributed by atoms with E-state index in [4.69, 9.17) is 4.74 Å². The molecule has 1 fully saturated rings. The van der Waals surface area contributed by atoms with E-state index in [9.17, 15) is 4.79 Å². The molecule has 1 heterocycles. The number of hydrogen-bond donors (Lipinski definition) is 0. The van der Waals surface area contributed by atoms with E-state index in [1.165, 1.54) is 7.11 Å². The molecule has 0 atom stereocenters. The largest absolute Gasteiger partial charge is 0.467 e. The zero-order valence-electron chi connectivity index (χ0n) is 11.9. The van der Waals surface area contributed by atoms with Crippen molar-refractivity contribution in [3.63, 3.8) is 0 Å². The minimum Gasteiger partial charge on any atom is -0.467 e. The maximum atomic E-state index is 11.1. The predicted octanol–water partition coefficient (Wildman–Crippen LogP) is 1.83. The van der Waals surface area contributed by atoms with Crippen LogP contribution in [0.4, 0.5) is 0 Å². The maximum Gasteiger partial charge on any atom is 0.331 e. The van der Waals surface area contributed by atoms with Crippen LogP contribution in [0.25, 0.3) is 0 Å². The van der Waals surface area contributed by atoms with Gasteiger partial charge < -0.3 is 9.47 Å². The molecular formula is C13H25NO3. The Morgan fingerprint density at radius 1 is 1.24 bits per heavy atom. The summed E-state index contributed by atoms with van der Waals surface area (Å²) < 4.78 is 10.2. The first-order chi connectivity index (χ1) is 7.69. The quantitative estimate of drug-likeness (QED) is 0.709. The second-order valence-electron chi connectivity index (χ2n) is 6.10. The molecule has 1 aliphatic heterocycles. The molecule has 4 heteroatoms. The van der Waals surface area contributed by atoms with E-state index in [2.05, 4.69) is 44.4 Å². The van der Waals surface area contributed by atoms with Crippen molar-refractivity contribution in [1.82, 2.24) is 4.90 Å². The summed E-state index contributed by atoms with van der Waals surface area (Å²) in [5.41, 5.74) is 0.172. The standard InChI is InChI=1S/C13H25NO3/c1-12(2)7-10(17-9-11(15)16-6)8-13(3,4)14(12)5/h10H,7-9H2,1-6H3. The molecule has 0 N–H and O–H groups in total. The van der Waals surface area contributed by atoms with Gasteiger partial charge >= 0.3 is 5.97 Å². The molecule has 0 aromatic heterocycles. The van der Waals surface area contributed by atoms with Crippen molar-refractivity contribution >= 4 is 5.97 Å². The molecule has 1 rings (SSSR count). The summed E-state index contributed by atoms with van der Waals surface area (Å²) in [6.45, 7) is 8.90. The molecule has 0 aromatic carbocycles. The van der Waals surface area contributed by atoms with Gasteiger partial charge in [-0.2, -0.15) is 0 Å². The average Bonchev–Trinajstić information content (AvgIpc) is 2.21. The Balaban J connectivity index is 2.62. The first-order valence-electron chi connectivity index (χ1n) is 6.11. The van der Waals surface area contributed by atoms with Crippen molar-refractivity contribution in [2.45, 2.75) is 57.7 Å². The van der Waals surface area contributed by atoms with E-state index < -0.39 is 0 Å². The van der Waals surface area contributed by atoms with Gasteiger partial charge in [-0.15, -0.1) is 0 Å². The highest BCUT2D eigenvalue weighted by Crippen LogP contribution is 2.37. The Morgan fingerprint density at radius 2 is 1.71 bits per heavy atom. The van der Waals surface area contributed by atoms with Crippen LogP contribution in [0.2, 0.25) is 0 Å². The van der Waals surface area contributed by atoms with Crippen molar-refractivity contribution in [2.75, 3.05) is 20.8 Å². The van der Waals surface area contributed by atoms with E-state index in [1.807, 2.05) is 0 Å². The topological polar surface area (TPSA) is 38.8 Å². The fraction of sp³-hybridized carbons (Fsp3) is 0.923. The first kappa shape index (κ1) is 14.5. The smallest absolute Gasteiger partial charge is 0.331 e. The summed E-state index contributed by atoms with van der Waals surface area (Å²) in [4.78, 5) is 13.5. The van der Waals surface area contributed by atoms with Crippen LogP contribution in [0, 0.1) is 0 Å². The fourth-order valence-corrected chi connectivity index (χ4v) is 2.64. The molecule has 0 unspecified atom stereocenters. The third-order valence-electron chi connectivity index (χ3n) is 3.93. The lowest BCUT2D eigenvalue weighted by molar-refractivity contribution is -0.153. The molecule has 17 heavy (non-hydrogen) atoms. The van der Waals surface area contributed by atoms with Gasteiger partial charge in [-0.3, -0.25) is 4.90 Å². The first-order valence-corrected chi connectivity index (χ1v) is 6.11. The van der Waals surface area contributed by atoms with Gasteiger partial charge in [0.15, 0.2) is 0 Å². The van der Waals surface area contributed by atoms with Crippen molar-refractivity contribution < 1.29 is 14.3 Å². The fourth-order valence-electron chi connectivity index (χ4n) is 2.64. The summed E-state index contributed by atoms with van der Waals surface area (Å²) in [5, 5.41) is 0. The minimum atomic E-state index is -0.306. The van der Waals surface area contributed by atoms with E-state index in [1.54, 1.807) is 0 Å². The Bertz CT molecular complexity index is 268. The van der Waals surface area contributed by atoms with Crippen LogP contribution in [0.15, 0.2) is 0 Å². The molecule has 1 saturated heterocycles. The predicted molar refractivity (Wildman–Crippen MR) is 66.9 cm³/mol. The van der Waals surface area contributed by atoms with Crippen LogP contribution in [0.1, 0.15) is 40.5 Å². The molecule has 4 nitrogen and oxygen atoms in total. The zero-order valence-corrected chi connectivity index (χ0v) is 11.9. The van der Waals surface area contributed by atoms with Crippen molar-refractivity contribution in [1.29, 1.82) is 0 Å². The van der Waals surface area contributed by atoms with Crippen molar-refractivity contribution in [2.24, 2.45) is 0 Å². The number of ether oxygens (including phenoxy) is 2. The molecule has 0 aliphatic carbocycles. The number of methoxy groups -OCH3 is 1. The number of carbonyl (C=O) groups excluding carboxylic acids is 1. The molecule has 0 spiro atoms. The lowest BCUT2D eigenvalue weighted by Gasteiger charge is -2.53. The van der Waals surface area contributed by atoms with Gasteiger partial charge in [0.25, 0.3) is 0 Å². The van der Waals surface area contributed by atoms with E-state index in [-0.39, 0.29) is 29.8 Å². The van der Waals surface area contributed by atoms with Crippen molar-refractivity contribution in [3.8, 4) is 0 Å². The highest BCUT2D eigenvalue weighted by Gasteiger charge is 2.43. The molecule has 0 bridgehead atoms. The number of hydrogen-bond acceptors (Lipinski definition) is 4. The van der Waals surface area contributed by atoms with Gasteiger partial charge in [0.05, 0.1) is 13.2 Å². The second-order valence-corrected chi connectivity index (χ2v) is 6.10. The molecule has 100 valence electrons. The number of carbonyl (C=O) groups is 1. The molecule has 0 radical (unpaired) electrons. The number of piperidine rings is 1. The summed E-state index contributed by atoms with van der Waals surface area (Å²) in [6.07, 6.45) is 1.99. The van der Waals surface area contributed by atoms with Crippen LogP contribution in [-0.2, 0) is 14.3 Å². The number of esters is 1. The average molecular weight is 243 g/mol. The highest BCUT2D eigenvalue weighted by atomic mass is 16.6. The Morgan fingerprint density at radius 3 is 2.12 bits per heavy atom. The zero-order chi connectivity index (χ0) is 13.3. The van der Waals surface area contributed by atoms with E-state index in [0.29, 0.717) is 0 Å². The highest BCUT2D eigenvalue weighted by molar-refractivity contribution is 5.70. The summed E-state index contributed by atoms with van der Waals surface area (Å²) in [6, 6.07) is 0. The van der Waals surface area contributed by atoms with Gasteiger partial charge in [-0.1, -0.05) is 0 Å². The van der Waals surface area contributed by atoms with E-state index in [0.717, 1.165) is 12.8 Å². The lowest BCUT2D eigenvalue weighted by atomic mass is 9.79. The number of nitrogens with zero attached hydrogens (tertiary/aromatic N) is 1. The SMILES string of the molecule is COC(=O)COC1CC(C)(C)N(C)C(C)(C)C1. The Hall–Kier alpha value is -0.610. The third kappa shape index (κ3) is 3.42. The van der Waals surface area contributed by atoms with Gasteiger partial charge in [0.2, 0.25) is 0 Å². The lowest BCUT2D eigenvalue weighted by Crippen LogP contribution is -2.60.